The Hall–Kier alpha value is -2.99. The van der Waals surface area contributed by atoms with Crippen molar-refractivity contribution >= 4 is 28.1 Å². The number of ether oxygens (including phenoxy) is 1. The van der Waals surface area contributed by atoms with E-state index in [0.29, 0.717) is 11.5 Å². The van der Waals surface area contributed by atoms with E-state index in [-0.39, 0.29) is 5.89 Å². The molecule has 1 atom stereocenters. The minimum Gasteiger partial charge on any atom is -0.449 e. The van der Waals surface area contributed by atoms with E-state index in [0.717, 1.165) is 15.6 Å². The molecule has 0 spiro atoms. The van der Waals surface area contributed by atoms with Crippen LogP contribution in [0.4, 0.5) is 0 Å². The van der Waals surface area contributed by atoms with Gasteiger partial charge in [-0.05, 0) is 41.3 Å². The van der Waals surface area contributed by atoms with Crippen LogP contribution in [0.5, 0.6) is 0 Å². The van der Waals surface area contributed by atoms with Gasteiger partial charge in [-0.2, -0.15) is 0 Å². The molecule has 0 radical (unpaired) electrons. The van der Waals surface area contributed by atoms with E-state index in [2.05, 4.69) is 10.2 Å². The Bertz CT molecular complexity index is 1020. The molecule has 25 heavy (non-hydrogen) atoms. The lowest BCUT2D eigenvalue weighted by atomic mass is 10.1. The van der Waals surface area contributed by atoms with E-state index in [1.54, 1.807) is 13.0 Å². The summed E-state index contributed by atoms with van der Waals surface area (Å²) in [5, 5.41) is 12.0. The van der Waals surface area contributed by atoms with Gasteiger partial charge in [-0.25, -0.2) is 4.79 Å². The largest absolute Gasteiger partial charge is 0.449 e. The molecular weight excluding hydrogens is 336 g/mol. The number of thiophene rings is 1. The zero-order chi connectivity index (χ0) is 17.2. The summed E-state index contributed by atoms with van der Waals surface area (Å²) < 4.78 is 11.1. The average molecular weight is 350 g/mol. The minimum absolute atomic E-state index is 0.275. The molecule has 5 nitrogen and oxygen atoms in total. The average Bonchev–Trinajstić information content (AvgIpc) is 3.32. The molecule has 0 aliphatic heterocycles. The number of carbonyl (C=O) groups excluding carboxylic acids is 1. The molecule has 0 N–H and O–H groups in total. The zero-order valence-corrected chi connectivity index (χ0v) is 14.2. The highest BCUT2D eigenvalue weighted by molar-refractivity contribution is 7.13. The van der Waals surface area contributed by atoms with Crippen LogP contribution in [-0.4, -0.2) is 16.2 Å². The van der Waals surface area contributed by atoms with Crippen molar-refractivity contribution in [2.45, 2.75) is 13.0 Å². The van der Waals surface area contributed by atoms with E-state index < -0.39 is 12.1 Å². The maximum absolute atomic E-state index is 12.4. The standard InChI is InChI=1S/C19H14N2O3S/c1-12(17-20-21-18(24-17)16-7-4-10-25-16)23-19(22)15-9-8-13-5-2-3-6-14(13)11-15/h2-12H,1H3/t12-/m0/s1. The second-order valence-electron chi connectivity index (χ2n) is 5.53. The summed E-state index contributed by atoms with van der Waals surface area (Å²) in [7, 11) is 0. The van der Waals surface area contributed by atoms with Crippen LogP contribution >= 0.6 is 11.3 Å². The molecule has 0 bridgehead atoms. The van der Waals surface area contributed by atoms with E-state index in [9.17, 15) is 4.79 Å². The quantitative estimate of drug-likeness (QED) is 0.491. The molecule has 0 amide bonds. The summed E-state index contributed by atoms with van der Waals surface area (Å²) in [5.74, 6) is 0.283. The summed E-state index contributed by atoms with van der Waals surface area (Å²) in [6.07, 6.45) is -0.625. The molecule has 6 heteroatoms. The molecule has 2 aromatic carbocycles. The third-order valence-corrected chi connectivity index (χ3v) is 4.65. The van der Waals surface area contributed by atoms with Crippen LogP contribution in [-0.2, 0) is 4.74 Å². The first-order valence-corrected chi connectivity index (χ1v) is 8.66. The maximum atomic E-state index is 12.4. The van der Waals surface area contributed by atoms with Gasteiger partial charge in [-0.1, -0.05) is 36.4 Å². The van der Waals surface area contributed by atoms with Gasteiger partial charge < -0.3 is 9.15 Å². The lowest BCUT2D eigenvalue weighted by molar-refractivity contribution is 0.0280. The van der Waals surface area contributed by atoms with Gasteiger partial charge in [0.1, 0.15) is 0 Å². The van der Waals surface area contributed by atoms with Crippen LogP contribution in [0, 0.1) is 0 Å². The van der Waals surface area contributed by atoms with Gasteiger partial charge >= 0.3 is 5.97 Å². The molecule has 0 fully saturated rings. The summed E-state index contributed by atoms with van der Waals surface area (Å²) in [6, 6.07) is 17.1. The Balaban J connectivity index is 1.51. The normalized spacial score (nSPS) is 12.2. The van der Waals surface area contributed by atoms with Crippen molar-refractivity contribution in [3.8, 4) is 10.8 Å². The maximum Gasteiger partial charge on any atom is 0.338 e. The van der Waals surface area contributed by atoms with Crippen LogP contribution in [0.25, 0.3) is 21.5 Å². The van der Waals surface area contributed by atoms with Crippen LogP contribution in [0.1, 0.15) is 29.3 Å². The van der Waals surface area contributed by atoms with Crippen LogP contribution < -0.4 is 0 Å². The van der Waals surface area contributed by atoms with Gasteiger partial charge in [0.15, 0.2) is 6.10 Å². The molecule has 0 aliphatic rings. The van der Waals surface area contributed by atoms with E-state index in [1.807, 2.05) is 53.9 Å². The number of hydrogen-bond donors (Lipinski definition) is 0. The molecular formula is C19H14N2O3S. The lowest BCUT2D eigenvalue weighted by Crippen LogP contribution is -2.09. The predicted octanol–water partition coefficient (Wildman–Crippen LogP) is 4.87. The summed E-state index contributed by atoms with van der Waals surface area (Å²) >= 11 is 1.51. The van der Waals surface area contributed by atoms with E-state index in [1.165, 1.54) is 11.3 Å². The topological polar surface area (TPSA) is 65.2 Å². The monoisotopic (exact) mass is 350 g/mol. The first-order valence-electron chi connectivity index (χ1n) is 7.78. The minimum atomic E-state index is -0.625. The molecule has 4 rings (SSSR count). The van der Waals surface area contributed by atoms with E-state index in [4.69, 9.17) is 9.15 Å². The first kappa shape index (κ1) is 15.5. The van der Waals surface area contributed by atoms with Crippen molar-refractivity contribution in [3.05, 3.63) is 71.4 Å². The second-order valence-corrected chi connectivity index (χ2v) is 6.48. The fourth-order valence-electron chi connectivity index (χ4n) is 2.49. The SMILES string of the molecule is C[C@H](OC(=O)c1ccc2ccccc2c1)c1nnc(-c2cccs2)o1. The molecule has 0 aliphatic carbocycles. The fourth-order valence-corrected chi connectivity index (χ4v) is 3.14. The predicted molar refractivity (Wildman–Crippen MR) is 95.4 cm³/mol. The number of fused-ring (bicyclic) bond motifs is 1. The third kappa shape index (κ3) is 3.16. The number of carbonyl (C=O) groups is 1. The van der Waals surface area contributed by atoms with Gasteiger partial charge in [0.2, 0.25) is 0 Å². The summed E-state index contributed by atoms with van der Waals surface area (Å²) in [4.78, 5) is 13.3. The lowest BCUT2D eigenvalue weighted by Gasteiger charge is -2.09. The van der Waals surface area contributed by atoms with Crippen molar-refractivity contribution in [2.75, 3.05) is 0 Å². The van der Waals surface area contributed by atoms with Crippen molar-refractivity contribution in [1.82, 2.24) is 10.2 Å². The zero-order valence-electron chi connectivity index (χ0n) is 13.4. The van der Waals surface area contributed by atoms with Crippen molar-refractivity contribution in [3.63, 3.8) is 0 Å². The molecule has 4 aromatic rings. The van der Waals surface area contributed by atoms with E-state index >= 15 is 0 Å². The summed E-state index contributed by atoms with van der Waals surface area (Å²) in [6.45, 7) is 1.71. The van der Waals surface area contributed by atoms with Crippen molar-refractivity contribution in [2.24, 2.45) is 0 Å². The Labute approximate surface area is 147 Å². The fraction of sp³-hybridized carbons (Fsp3) is 0.105. The summed E-state index contributed by atoms with van der Waals surface area (Å²) in [5.41, 5.74) is 0.489. The van der Waals surface area contributed by atoms with Crippen LogP contribution in [0.15, 0.2) is 64.4 Å². The number of benzene rings is 2. The Morgan fingerprint density at radius 2 is 1.92 bits per heavy atom. The van der Waals surface area contributed by atoms with Crippen LogP contribution in [0.3, 0.4) is 0 Å². The van der Waals surface area contributed by atoms with Crippen molar-refractivity contribution in [1.29, 1.82) is 0 Å². The molecule has 2 heterocycles. The first-order chi connectivity index (χ1) is 12.2. The number of esters is 1. The highest BCUT2D eigenvalue weighted by Crippen LogP contribution is 2.26. The van der Waals surface area contributed by atoms with Crippen molar-refractivity contribution < 1.29 is 13.9 Å². The molecule has 2 aromatic heterocycles. The second kappa shape index (κ2) is 6.49. The highest BCUT2D eigenvalue weighted by Gasteiger charge is 2.20. The van der Waals surface area contributed by atoms with Gasteiger partial charge in [0.25, 0.3) is 11.8 Å². The Morgan fingerprint density at radius 1 is 1.08 bits per heavy atom. The van der Waals surface area contributed by atoms with Gasteiger partial charge in [-0.15, -0.1) is 21.5 Å². The van der Waals surface area contributed by atoms with Gasteiger partial charge in [0.05, 0.1) is 10.4 Å². The smallest absolute Gasteiger partial charge is 0.338 e. The molecule has 124 valence electrons. The highest BCUT2D eigenvalue weighted by atomic mass is 32.1. The van der Waals surface area contributed by atoms with Crippen LogP contribution in [0.2, 0.25) is 0 Å². The Kier molecular flexibility index (Phi) is 4.03. The molecule has 0 saturated heterocycles. The number of rotatable bonds is 4. The molecule has 0 unspecified atom stereocenters. The molecule has 0 saturated carbocycles. The van der Waals surface area contributed by atoms with Gasteiger partial charge in [-0.3, -0.25) is 0 Å². The number of nitrogens with zero attached hydrogens (tertiary/aromatic N) is 2. The third-order valence-electron chi connectivity index (χ3n) is 3.79. The Morgan fingerprint density at radius 3 is 2.72 bits per heavy atom. The van der Waals surface area contributed by atoms with Gasteiger partial charge in [0, 0.05) is 0 Å². The number of hydrogen-bond acceptors (Lipinski definition) is 6. The number of aromatic nitrogens is 2.